The van der Waals surface area contributed by atoms with Gasteiger partial charge in [0.15, 0.2) is 9.84 Å². The van der Waals surface area contributed by atoms with Crippen LogP contribution in [0, 0.1) is 5.82 Å². The Morgan fingerprint density at radius 2 is 1.72 bits per heavy atom. The van der Waals surface area contributed by atoms with Gasteiger partial charge in [0, 0.05) is 5.02 Å². The summed E-state index contributed by atoms with van der Waals surface area (Å²) in [5.74, 6) is -0.615. The molecule has 2 aromatic carbocycles. The van der Waals surface area contributed by atoms with Crippen LogP contribution in [0.1, 0.15) is 5.56 Å². The summed E-state index contributed by atoms with van der Waals surface area (Å²) in [6.07, 6.45) is 0. The van der Waals surface area contributed by atoms with E-state index in [0.717, 1.165) is 12.1 Å². The summed E-state index contributed by atoms with van der Waals surface area (Å²) in [4.78, 5) is 0.101. The van der Waals surface area contributed by atoms with Crippen molar-refractivity contribution in [2.75, 3.05) is 0 Å². The Morgan fingerprint density at radius 3 is 2.33 bits per heavy atom. The van der Waals surface area contributed by atoms with Crippen LogP contribution in [0.5, 0.6) is 0 Å². The molecule has 0 aliphatic heterocycles. The second-order valence-electron chi connectivity index (χ2n) is 3.84. The van der Waals surface area contributed by atoms with Gasteiger partial charge in [-0.15, -0.1) is 0 Å². The molecule has 2 rings (SSSR count). The number of rotatable bonds is 3. The third-order valence-corrected chi connectivity index (χ3v) is 4.36. The zero-order valence-electron chi connectivity index (χ0n) is 9.31. The molecule has 0 heterocycles. The van der Waals surface area contributed by atoms with Crippen LogP contribution < -0.4 is 0 Å². The highest BCUT2D eigenvalue weighted by Crippen LogP contribution is 2.19. The summed E-state index contributed by atoms with van der Waals surface area (Å²) in [5.41, 5.74) is 0.604. The van der Waals surface area contributed by atoms with Gasteiger partial charge in [-0.25, -0.2) is 12.8 Å². The first-order valence-corrected chi connectivity index (χ1v) is 7.23. The zero-order valence-corrected chi connectivity index (χ0v) is 10.9. The Labute approximate surface area is 110 Å². The molecular formula is C13H10ClFO2S. The summed E-state index contributed by atoms with van der Waals surface area (Å²) in [6, 6.07) is 11.4. The van der Waals surface area contributed by atoms with Gasteiger partial charge in [-0.1, -0.05) is 23.7 Å². The molecule has 0 atom stereocenters. The second-order valence-corrected chi connectivity index (χ2v) is 6.27. The molecule has 0 unspecified atom stereocenters. The Morgan fingerprint density at radius 1 is 1.06 bits per heavy atom. The molecule has 0 aliphatic carbocycles. The van der Waals surface area contributed by atoms with Gasteiger partial charge in [-0.3, -0.25) is 0 Å². The van der Waals surface area contributed by atoms with Crippen molar-refractivity contribution in [2.24, 2.45) is 0 Å². The monoisotopic (exact) mass is 284 g/mol. The van der Waals surface area contributed by atoms with E-state index >= 15 is 0 Å². The zero-order chi connectivity index (χ0) is 13.2. The summed E-state index contributed by atoms with van der Waals surface area (Å²) in [5, 5.41) is 0.488. The average Bonchev–Trinajstić information content (AvgIpc) is 2.29. The molecule has 0 saturated carbocycles. The lowest BCUT2D eigenvalue weighted by Gasteiger charge is -2.05. The van der Waals surface area contributed by atoms with Gasteiger partial charge in [0.1, 0.15) is 5.82 Å². The normalized spacial score (nSPS) is 11.4. The predicted molar refractivity (Wildman–Crippen MR) is 68.7 cm³/mol. The predicted octanol–water partition coefficient (Wildman–Crippen LogP) is 3.45. The van der Waals surface area contributed by atoms with Gasteiger partial charge in [0.25, 0.3) is 0 Å². The minimum absolute atomic E-state index is 0.101. The fourth-order valence-corrected chi connectivity index (χ4v) is 3.12. The molecule has 94 valence electrons. The summed E-state index contributed by atoms with van der Waals surface area (Å²) in [7, 11) is -3.47. The van der Waals surface area contributed by atoms with E-state index in [1.54, 1.807) is 24.3 Å². The van der Waals surface area contributed by atoms with Crippen molar-refractivity contribution in [2.45, 2.75) is 10.6 Å². The lowest BCUT2D eigenvalue weighted by Crippen LogP contribution is -2.04. The van der Waals surface area contributed by atoms with Crippen LogP contribution in [0.15, 0.2) is 53.4 Å². The van der Waals surface area contributed by atoms with E-state index in [1.807, 2.05) is 0 Å². The molecule has 0 amide bonds. The molecule has 0 saturated heterocycles. The van der Waals surface area contributed by atoms with Crippen molar-refractivity contribution in [3.05, 3.63) is 64.9 Å². The number of hydrogen-bond donors (Lipinski definition) is 0. The molecule has 2 nitrogen and oxygen atoms in total. The molecule has 0 fully saturated rings. The largest absolute Gasteiger partial charge is 0.223 e. The highest BCUT2D eigenvalue weighted by molar-refractivity contribution is 7.90. The Balaban J connectivity index is 2.30. The molecule has 5 heteroatoms. The molecule has 0 aromatic heterocycles. The minimum Gasteiger partial charge on any atom is -0.223 e. The van der Waals surface area contributed by atoms with Gasteiger partial charge in [0.05, 0.1) is 10.6 Å². The smallest absolute Gasteiger partial charge is 0.182 e. The van der Waals surface area contributed by atoms with E-state index in [9.17, 15) is 12.8 Å². The standard InChI is InChI=1S/C13H10ClFO2S/c14-11-3-1-2-10(8-11)9-18(16,17)13-6-4-12(15)5-7-13/h1-8H,9H2. The molecule has 0 radical (unpaired) electrons. The Bertz CT molecular complexity index is 651. The fraction of sp³-hybridized carbons (Fsp3) is 0.0769. The van der Waals surface area contributed by atoms with Crippen LogP contribution in [-0.2, 0) is 15.6 Å². The lowest BCUT2D eigenvalue weighted by molar-refractivity contribution is 0.594. The molecule has 0 bridgehead atoms. The average molecular weight is 285 g/mol. The molecule has 2 aromatic rings. The first kappa shape index (κ1) is 13.1. The maximum Gasteiger partial charge on any atom is 0.182 e. The summed E-state index contributed by atoms with van der Waals surface area (Å²) < 4.78 is 36.9. The van der Waals surface area contributed by atoms with Crippen LogP contribution in [0.3, 0.4) is 0 Å². The van der Waals surface area contributed by atoms with Crippen molar-refractivity contribution < 1.29 is 12.8 Å². The van der Waals surface area contributed by atoms with Crippen molar-refractivity contribution in [3.63, 3.8) is 0 Å². The van der Waals surface area contributed by atoms with Crippen molar-refractivity contribution >= 4 is 21.4 Å². The second kappa shape index (κ2) is 5.08. The number of benzene rings is 2. The number of sulfone groups is 1. The topological polar surface area (TPSA) is 34.1 Å². The lowest BCUT2D eigenvalue weighted by atomic mass is 10.2. The van der Waals surface area contributed by atoms with E-state index in [4.69, 9.17) is 11.6 Å². The van der Waals surface area contributed by atoms with E-state index < -0.39 is 15.7 Å². The third kappa shape index (κ3) is 3.09. The van der Waals surface area contributed by atoms with Gasteiger partial charge in [-0.05, 0) is 42.0 Å². The summed E-state index contributed by atoms with van der Waals surface area (Å²) in [6.45, 7) is 0. The van der Waals surface area contributed by atoms with Crippen molar-refractivity contribution in [1.29, 1.82) is 0 Å². The van der Waals surface area contributed by atoms with Gasteiger partial charge < -0.3 is 0 Å². The van der Waals surface area contributed by atoms with Gasteiger partial charge in [0.2, 0.25) is 0 Å². The van der Waals surface area contributed by atoms with Crippen LogP contribution in [0.25, 0.3) is 0 Å². The van der Waals surface area contributed by atoms with Crippen LogP contribution in [0.2, 0.25) is 5.02 Å². The maximum atomic E-state index is 12.7. The number of hydrogen-bond acceptors (Lipinski definition) is 2. The fourth-order valence-electron chi connectivity index (χ4n) is 1.57. The highest BCUT2D eigenvalue weighted by atomic mass is 35.5. The van der Waals surface area contributed by atoms with E-state index in [2.05, 4.69) is 0 Å². The molecular weight excluding hydrogens is 275 g/mol. The number of halogens is 2. The molecule has 0 N–H and O–H groups in total. The molecule has 18 heavy (non-hydrogen) atoms. The van der Waals surface area contributed by atoms with Gasteiger partial charge in [-0.2, -0.15) is 0 Å². The van der Waals surface area contributed by atoms with Crippen LogP contribution in [0.4, 0.5) is 4.39 Å². The first-order valence-electron chi connectivity index (χ1n) is 5.20. The van der Waals surface area contributed by atoms with Crippen LogP contribution >= 0.6 is 11.6 Å². The third-order valence-electron chi connectivity index (χ3n) is 2.42. The van der Waals surface area contributed by atoms with Crippen molar-refractivity contribution in [1.82, 2.24) is 0 Å². The van der Waals surface area contributed by atoms with Gasteiger partial charge >= 0.3 is 0 Å². The van der Waals surface area contributed by atoms with Crippen LogP contribution in [-0.4, -0.2) is 8.42 Å². The highest BCUT2D eigenvalue weighted by Gasteiger charge is 2.15. The minimum atomic E-state index is -3.47. The SMILES string of the molecule is O=S(=O)(Cc1cccc(Cl)c1)c1ccc(F)cc1. The Hall–Kier alpha value is -1.39. The van der Waals surface area contributed by atoms with E-state index in [-0.39, 0.29) is 10.6 Å². The first-order chi connectivity index (χ1) is 8.47. The van der Waals surface area contributed by atoms with E-state index in [0.29, 0.717) is 10.6 Å². The molecule has 0 aliphatic rings. The Kier molecular flexibility index (Phi) is 3.68. The van der Waals surface area contributed by atoms with Crippen molar-refractivity contribution in [3.8, 4) is 0 Å². The van der Waals surface area contributed by atoms with E-state index in [1.165, 1.54) is 12.1 Å². The molecule has 0 spiro atoms. The quantitative estimate of drug-likeness (QED) is 0.809. The maximum absolute atomic E-state index is 12.7. The summed E-state index contributed by atoms with van der Waals surface area (Å²) >= 11 is 5.80.